The molecule has 0 spiro atoms. The maximum absolute atomic E-state index is 14.0. The van der Waals surface area contributed by atoms with Gasteiger partial charge in [0.1, 0.15) is 12.1 Å². The van der Waals surface area contributed by atoms with Crippen molar-refractivity contribution in [3.05, 3.63) is 35.4 Å². The molecule has 0 aromatic heterocycles. The minimum Gasteiger partial charge on any atom is -0.466 e. The summed E-state index contributed by atoms with van der Waals surface area (Å²) in [5.74, 6) is 1.25. The predicted octanol–water partition coefficient (Wildman–Crippen LogP) is 4.85. The molecule has 2 rings (SSSR count). The number of unbranched alkanes of at least 4 members (excludes halogenated alkanes) is 2. The molecule has 0 bridgehead atoms. The van der Waals surface area contributed by atoms with Crippen molar-refractivity contribution >= 4 is 32.0 Å². The Morgan fingerprint density at radius 2 is 1.64 bits per heavy atom. The van der Waals surface area contributed by atoms with Gasteiger partial charge in [-0.3, -0.25) is 19.2 Å². The number of terminal acetylenes is 1. The smallest absolute Gasteiger partial charge is 0.305 e. The third-order valence-corrected chi connectivity index (χ3v) is 13.6. The number of benzene rings is 1. The first-order valence-electron chi connectivity index (χ1n) is 16.7. The molecule has 10 nitrogen and oxygen atoms in total. The van der Waals surface area contributed by atoms with Crippen molar-refractivity contribution in [3.63, 3.8) is 0 Å². The number of aliphatic hydroxyl groups excluding tert-OH is 1. The third kappa shape index (κ3) is 12.1. The first-order chi connectivity index (χ1) is 21.8. The zero-order chi connectivity index (χ0) is 35.6. The van der Waals surface area contributed by atoms with Crippen LogP contribution in [0.4, 0.5) is 0 Å². The molecule has 0 saturated carbocycles. The predicted molar refractivity (Wildman–Crippen MR) is 186 cm³/mol. The Balaban J connectivity index is 2.19. The Bertz CT molecular complexity index is 1260. The number of carbonyl (C=O) groups is 4. The number of hydrogen-bond acceptors (Lipinski definition) is 7. The van der Waals surface area contributed by atoms with Crippen molar-refractivity contribution in [1.29, 1.82) is 0 Å². The second kappa shape index (κ2) is 17.3. The van der Waals surface area contributed by atoms with E-state index in [4.69, 9.17) is 15.6 Å². The summed E-state index contributed by atoms with van der Waals surface area (Å²) in [6.45, 7) is 18.6. The number of rotatable bonds is 15. The van der Waals surface area contributed by atoms with Gasteiger partial charge in [0.2, 0.25) is 17.7 Å². The van der Waals surface area contributed by atoms with E-state index in [-0.39, 0.29) is 42.9 Å². The van der Waals surface area contributed by atoms with Crippen LogP contribution in [-0.4, -0.2) is 80.0 Å². The Labute approximate surface area is 282 Å². The lowest BCUT2D eigenvalue weighted by molar-refractivity contribution is -0.144. The largest absolute Gasteiger partial charge is 0.466 e. The monoisotopic (exact) mass is 671 g/mol. The molecule has 0 unspecified atom stereocenters. The van der Waals surface area contributed by atoms with E-state index in [1.54, 1.807) is 6.92 Å². The standard InChI is InChI=1S/C36H57N3O7Si/c1-11-25-18-20-26(21-19-25)28(24-46-47(9,10)36(6,7)8)37-33(43)29-22-27(40)23-39(29)34(44)32(35(3,4)5)38-30(41)16-14-13-15-17-31(42)45-12-2/h1,18-21,27-29,32,40H,12-17,22-24H2,2-10H3,(H,37,43)(H,38,41)/t27-,28+,29+,32-/m1/s1. The molecular formula is C36H57N3O7Si. The molecule has 1 aromatic carbocycles. The number of esters is 1. The van der Waals surface area contributed by atoms with Gasteiger partial charge in [0.25, 0.3) is 0 Å². The highest BCUT2D eigenvalue weighted by Gasteiger charge is 2.45. The molecule has 1 aliphatic heterocycles. The van der Waals surface area contributed by atoms with Crippen LogP contribution in [0, 0.1) is 17.8 Å². The summed E-state index contributed by atoms with van der Waals surface area (Å²) in [6.07, 6.45) is 7.10. The van der Waals surface area contributed by atoms with Crippen LogP contribution in [0.1, 0.15) is 104 Å². The van der Waals surface area contributed by atoms with Gasteiger partial charge >= 0.3 is 5.97 Å². The fourth-order valence-corrected chi connectivity index (χ4v) is 6.14. The van der Waals surface area contributed by atoms with Crippen LogP contribution in [0.5, 0.6) is 0 Å². The Hall–Kier alpha value is -3.20. The molecule has 1 fully saturated rings. The van der Waals surface area contributed by atoms with Gasteiger partial charge in [-0.2, -0.15) is 0 Å². The minimum atomic E-state index is -2.17. The molecular weight excluding hydrogens is 614 g/mol. The van der Waals surface area contributed by atoms with Crippen LogP contribution in [-0.2, 0) is 28.3 Å². The van der Waals surface area contributed by atoms with E-state index < -0.39 is 49.8 Å². The van der Waals surface area contributed by atoms with Gasteiger partial charge < -0.3 is 29.8 Å². The van der Waals surface area contributed by atoms with Gasteiger partial charge in [-0.1, -0.05) is 66.0 Å². The van der Waals surface area contributed by atoms with Crippen LogP contribution in [0.15, 0.2) is 24.3 Å². The van der Waals surface area contributed by atoms with Crippen molar-refractivity contribution < 1.29 is 33.4 Å². The van der Waals surface area contributed by atoms with E-state index >= 15 is 0 Å². The van der Waals surface area contributed by atoms with Crippen molar-refractivity contribution in [2.75, 3.05) is 19.8 Å². The molecule has 1 saturated heterocycles. The van der Waals surface area contributed by atoms with Crippen molar-refractivity contribution in [1.82, 2.24) is 15.5 Å². The van der Waals surface area contributed by atoms with Crippen LogP contribution in [0.25, 0.3) is 0 Å². The number of β-amino-alcohol motifs (C(OH)–C–C–N with tert-alkyl or cyclic N) is 1. The third-order valence-electron chi connectivity index (χ3n) is 9.09. The van der Waals surface area contributed by atoms with Crippen LogP contribution >= 0.6 is 0 Å². The molecule has 3 N–H and O–H groups in total. The molecule has 47 heavy (non-hydrogen) atoms. The summed E-state index contributed by atoms with van der Waals surface area (Å²) < 4.78 is 11.4. The quantitative estimate of drug-likeness (QED) is 0.105. The molecule has 4 atom stereocenters. The SMILES string of the molecule is C#Cc1ccc([C@H](CO[Si](C)(C)C(C)(C)C)NC(=O)[C@@H]2C[C@@H](O)CN2C(=O)[C@@H](NC(=O)CCCCCC(=O)OCC)C(C)(C)C)cc1. The fourth-order valence-electron chi connectivity index (χ4n) is 5.13. The van der Waals surface area contributed by atoms with E-state index in [1.165, 1.54) is 4.90 Å². The van der Waals surface area contributed by atoms with E-state index in [9.17, 15) is 24.3 Å². The van der Waals surface area contributed by atoms with Gasteiger partial charge in [0.05, 0.1) is 25.4 Å². The molecule has 1 aliphatic rings. The molecule has 11 heteroatoms. The number of amides is 3. The van der Waals surface area contributed by atoms with Gasteiger partial charge in [0.15, 0.2) is 8.32 Å². The number of carbonyl (C=O) groups excluding carboxylic acids is 4. The van der Waals surface area contributed by atoms with Gasteiger partial charge in [0, 0.05) is 31.4 Å². The van der Waals surface area contributed by atoms with E-state index in [1.807, 2.05) is 45.0 Å². The maximum Gasteiger partial charge on any atom is 0.305 e. The number of ether oxygens (including phenoxy) is 1. The van der Waals surface area contributed by atoms with Gasteiger partial charge in [-0.05, 0) is 61.0 Å². The Morgan fingerprint density at radius 3 is 2.19 bits per heavy atom. The first kappa shape index (κ1) is 40.0. The normalized spacial score (nSPS) is 18.2. The van der Waals surface area contributed by atoms with E-state index in [0.717, 1.165) is 5.56 Å². The van der Waals surface area contributed by atoms with Crippen LogP contribution in [0.3, 0.4) is 0 Å². The van der Waals surface area contributed by atoms with Gasteiger partial charge in [-0.15, -0.1) is 6.42 Å². The number of likely N-dealkylation sites (tertiary alicyclic amines) is 1. The highest BCUT2D eigenvalue weighted by molar-refractivity contribution is 6.74. The highest BCUT2D eigenvalue weighted by Crippen LogP contribution is 2.37. The molecule has 1 heterocycles. The first-order valence-corrected chi connectivity index (χ1v) is 19.7. The lowest BCUT2D eigenvalue weighted by Crippen LogP contribution is -2.58. The summed E-state index contributed by atoms with van der Waals surface area (Å²) in [4.78, 5) is 53.8. The van der Waals surface area contributed by atoms with Crippen molar-refractivity contribution in [2.45, 2.75) is 129 Å². The lowest BCUT2D eigenvalue weighted by Gasteiger charge is -2.38. The van der Waals surface area contributed by atoms with Gasteiger partial charge in [-0.25, -0.2) is 0 Å². The number of nitrogens with one attached hydrogen (secondary N) is 2. The summed E-state index contributed by atoms with van der Waals surface area (Å²) in [7, 11) is -2.17. The molecule has 1 aromatic rings. The molecule has 0 aliphatic carbocycles. The molecule has 262 valence electrons. The number of nitrogens with zero attached hydrogens (tertiary/aromatic N) is 1. The number of hydrogen-bond donors (Lipinski definition) is 3. The molecule has 0 radical (unpaired) electrons. The van der Waals surface area contributed by atoms with Crippen molar-refractivity contribution in [3.8, 4) is 12.3 Å². The Kier molecular flexibility index (Phi) is 14.7. The second-order valence-electron chi connectivity index (χ2n) is 15.0. The fraction of sp³-hybridized carbons (Fsp3) is 0.667. The second-order valence-corrected chi connectivity index (χ2v) is 19.8. The number of aliphatic hydroxyl groups is 1. The summed E-state index contributed by atoms with van der Waals surface area (Å²) in [6, 6.07) is 5.00. The zero-order valence-electron chi connectivity index (χ0n) is 29.9. The summed E-state index contributed by atoms with van der Waals surface area (Å²) >= 11 is 0. The summed E-state index contributed by atoms with van der Waals surface area (Å²) in [5.41, 5.74) is 0.866. The minimum absolute atomic E-state index is 0.0186. The van der Waals surface area contributed by atoms with Crippen LogP contribution in [0.2, 0.25) is 18.1 Å². The average molecular weight is 672 g/mol. The zero-order valence-corrected chi connectivity index (χ0v) is 30.9. The molecule has 3 amide bonds. The summed E-state index contributed by atoms with van der Waals surface area (Å²) in [5, 5.41) is 16.6. The van der Waals surface area contributed by atoms with Crippen molar-refractivity contribution in [2.24, 2.45) is 5.41 Å². The van der Waals surface area contributed by atoms with Crippen LogP contribution < -0.4 is 10.6 Å². The highest BCUT2D eigenvalue weighted by atomic mass is 28.4. The van der Waals surface area contributed by atoms with E-state index in [0.29, 0.717) is 37.9 Å². The maximum atomic E-state index is 14.0. The van der Waals surface area contributed by atoms with E-state index in [2.05, 4.69) is 50.4 Å². The Morgan fingerprint density at radius 1 is 1.02 bits per heavy atom. The average Bonchev–Trinajstić information content (AvgIpc) is 3.38. The topological polar surface area (TPSA) is 134 Å². The lowest BCUT2D eigenvalue weighted by atomic mass is 9.85.